The molecule has 11 heavy (non-hydrogen) atoms. The van der Waals surface area contributed by atoms with Gasteiger partial charge in [0.25, 0.3) is 0 Å². The van der Waals surface area contributed by atoms with Crippen LogP contribution < -0.4 is 0 Å². The Kier molecular flexibility index (Phi) is 3.30. The van der Waals surface area contributed by atoms with Crippen molar-refractivity contribution in [1.29, 1.82) is 0 Å². The second-order valence-electron chi connectivity index (χ2n) is 2.08. The van der Waals surface area contributed by atoms with Crippen LogP contribution >= 0.6 is 27.5 Å². The summed E-state index contributed by atoms with van der Waals surface area (Å²) in [6.07, 6.45) is 1.06. The molecule has 1 N–H and O–H groups in total. The fourth-order valence-corrected chi connectivity index (χ4v) is 1.16. The zero-order valence-electron chi connectivity index (χ0n) is 5.67. The van der Waals surface area contributed by atoms with E-state index < -0.39 is 6.10 Å². The van der Waals surface area contributed by atoms with Gasteiger partial charge in [-0.2, -0.15) is 0 Å². The molecule has 0 aliphatic rings. The van der Waals surface area contributed by atoms with Crippen molar-refractivity contribution >= 4 is 27.5 Å². The molecule has 0 aromatic carbocycles. The summed E-state index contributed by atoms with van der Waals surface area (Å²) in [5, 5.41) is 10.2. The Hall–Kier alpha value is -0.120. The molecule has 0 aliphatic carbocycles. The van der Waals surface area contributed by atoms with Crippen molar-refractivity contribution in [1.82, 2.24) is 4.98 Å². The van der Waals surface area contributed by atoms with E-state index in [-0.39, 0.29) is 0 Å². The van der Waals surface area contributed by atoms with Crippen LogP contribution in [0.1, 0.15) is 11.7 Å². The minimum Gasteiger partial charge on any atom is -0.387 e. The van der Waals surface area contributed by atoms with Crippen LogP contribution in [0.4, 0.5) is 0 Å². The highest BCUT2D eigenvalue weighted by molar-refractivity contribution is 9.09. The maximum Gasteiger partial charge on any atom is 0.129 e. The first-order valence-electron chi connectivity index (χ1n) is 3.09. The minimum absolute atomic E-state index is 0.440. The Morgan fingerprint density at radius 2 is 2.36 bits per heavy atom. The molecule has 60 valence electrons. The van der Waals surface area contributed by atoms with Gasteiger partial charge in [0.15, 0.2) is 0 Å². The summed E-state index contributed by atoms with van der Waals surface area (Å²) in [4.78, 5) is 3.83. The van der Waals surface area contributed by atoms with Crippen molar-refractivity contribution in [3.63, 3.8) is 0 Å². The van der Waals surface area contributed by atoms with Gasteiger partial charge in [0.05, 0.1) is 6.10 Å². The number of hydrogen-bond acceptors (Lipinski definition) is 2. The first-order chi connectivity index (χ1) is 5.24. The van der Waals surface area contributed by atoms with Crippen LogP contribution in [-0.2, 0) is 0 Å². The molecule has 1 unspecified atom stereocenters. The second kappa shape index (κ2) is 4.04. The fraction of sp³-hybridized carbons (Fsp3) is 0.286. The van der Waals surface area contributed by atoms with E-state index in [1.165, 1.54) is 0 Å². The molecule has 2 nitrogen and oxygen atoms in total. The number of hydrogen-bond donors (Lipinski definition) is 1. The summed E-state index contributed by atoms with van der Waals surface area (Å²) in [5.41, 5.74) is 0.770. The van der Waals surface area contributed by atoms with E-state index in [0.717, 1.165) is 5.56 Å². The van der Waals surface area contributed by atoms with Gasteiger partial charge >= 0.3 is 0 Å². The molecule has 0 saturated carbocycles. The second-order valence-corrected chi connectivity index (χ2v) is 3.12. The Morgan fingerprint density at radius 1 is 1.64 bits per heavy atom. The van der Waals surface area contributed by atoms with E-state index in [1.54, 1.807) is 18.3 Å². The van der Waals surface area contributed by atoms with E-state index in [2.05, 4.69) is 20.9 Å². The van der Waals surface area contributed by atoms with Gasteiger partial charge in [0, 0.05) is 11.5 Å². The molecule has 1 rings (SSSR count). The number of aromatic nitrogens is 1. The molecule has 0 bridgehead atoms. The highest BCUT2D eigenvalue weighted by atomic mass is 79.9. The monoisotopic (exact) mass is 235 g/mol. The molecule has 1 heterocycles. The predicted molar refractivity (Wildman–Crippen MR) is 48.0 cm³/mol. The molecule has 1 aromatic rings. The number of aliphatic hydroxyl groups excluding tert-OH is 1. The van der Waals surface area contributed by atoms with E-state index in [1.807, 2.05) is 0 Å². The smallest absolute Gasteiger partial charge is 0.129 e. The van der Waals surface area contributed by atoms with Crippen LogP contribution in [0.15, 0.2) is 18.3 Å². The third-order valence-electron chi connectivity index (χ3n) is 1.28. The third-order valence-corrected chi connectivity index (χ3v) is 2.12. The van der Waals surface area contributed by atoms with Crippen LogP contribution in [-0.4, -0.2) is 15.4 Å². The van der Waals surface area contributed by atoms with Gasteiger partial charge in [0.2, 0.25) is 0 Å². The molecule has 0 spiro atoms. The number of aliphatic hydroxyl groups is 1. The lowest BCUT2D eigenvalue weighted by atomic mass is 10.2. The van der Waals surface area contributed by atoms with Crippen molar-refractivity contribution in [3.05, 3.63) is 29.0 Å². The molecule has 1 aromatic heterocycles. The summed E-state index contributed by atoms with van der Waals surface area (Å²) in [5.74, 6) is 0. The quantitative estimate of drug-likeness (QED) is 0.631. The molecule has 0 aliphatic heterocycles. The molecule has 0 saturated heterocycles. The lowest BCUT2D eigenvalue weighted by Gasteiger charge is -2.04. The van der Waals surface area contributed by atoms with Crippen molar-refractivity contribution in [2.75, 3.05) is 5.33 Å². The van der Waals surface area contributed by atoms with Crippen molar-refractivity contribution < 1.29 is 5.11 Å². The summed E-state index contributed by atoms with van der Waals surface area (Å²) >= 11 is 8.71. The molecule has 0 fully saturated rings. The van der Waals surface area contributed by atoms with Gasteiger partial charge in [0.1, 0.15) is 5.15 Å². The molecule has 1 atom stereocenters. The lowest BCUT2D eigenvalue weighted by Crippen LogP contribution is -1.98. The zero-order chi connectivity index (χ0) is 8.27. The van der Waals surface area contributed by atoms with Gasteiger partial charge in [-0.25, -0.2) is 4.98 Å². The minimum atomic E-state index is -0.500. The van der Waals surface area contributed by atoms with Gasteiger partial charge in [-0.05, 0) is 11.6 Å². The maximum absolute atomic E-state index is 9.29. The Balaban J connectivity index is 2.81. The molecule has 0 amide bonds. The first-order valence-corrected chi connectivity index (χ1v) is 4.59. The number of nitrogens with zero attached hydrogens (tertiary/aromatic N) is 1. The zero-order valence-corrected chi connectivity index (χ0v) is 8.01. The third kappa shape index (κ3) is 2.43. The standard InChI is InChI=1S/C7H7BrClNO/c8-3-6(11)5-1-2-7(9)10-4-5/h1-2,4,6,11H,3H2. The lowest BCUT2D eigenvalue weighted by molar-refractivity contribution is 0.205. The summed E-state index contributed by atoms with van der Waals surface area (Å²) in [6, 6.07) is 3.41. The predicted octanol–water partition coefficient (Wildman–Crippen LogP) is 2.16. The number of alkyl halides is 1. The molecular formula is C7H7BrClNO. The normalized spacial score (nSPS) is 13.0. The van der Waals surface area contributed by atoms with Crippen LogP contribution in [0.5, 0.6) is 0 Å². The Bertz CT molecular complexity index is 226. The average Bonchev–Trinajstić information content (AvgIpc) is 2.05. The van der Waals surface area contributed by atoms with Crippen molar-refractivity contribution in [2.45, 2.75) is 6.10 Å². The molecule has 4 heteroatoms. The summed E-state index contributed by atoms with van der Waals surface area (Å²) < 4.78 is 0. The molecular weight excluding hydrogens is 229 g/mol. The van der Waals surface area contributed by atoms with Gasteiger partial charge in [-0.15, -0.1) is 0 Å². The maximum atomic E-state index is 9.29. The van der Waals surface area contributed by atoms with Gasteiger partial charge < -0.3 is 5.11 Å². The van der Waals surface area contributed by atoms with E-state index in [9.17, 15) is 5.11 Å². The topological polar surface area (TPSA) is 33.1 Å². The van der Waals surface area contributed by atoms with E-state index in [4.69, 9.17) is 11.6 Å². The largest absolute Gasteiger partial charge is 0.387 e. The summed E-state index contributed by atoms with van der Waals surface area (Å²) in [7, 11) is 0. The Labute approximate surface area is 78.3 Å². The van der Waals surface area contributed by atoms with E-state index >= 15 is 0 Å². The number of halogens is 2. The van der Waals surface area contributed by atoms with E-state index in [0.29, 0.717) is 10.5 Å². The SMILES string of the molecule is OC(CBr)c1ccc(Cl)nc1. The Morgan fingerprint density at radius 3 is 2.82 bits per heavy atom. The number of pyridine rings is 1. The average molecular weight is 236 g/mol. The highest BCUT2D eigenvalue weighted by Gasteiger charge is 2.04. The first kappa shape index (κ1) is 8.97. The van der Waals surface area contributed by atoms with Crippen molar-refractivity contribution in [3.8, 4) is 0 Å². The van der Waals surface area contributed by atoms with Crippen LogP contribution in [0, 0.1) is 0 Å². The van der Waals surface area contributed by atoms with Crippen LogP contribution in [0.2, 0.25) is 5.15 Å². The fourth-order valence-electron chi connectivity index (χ4n) is 0.673. The van der Waals surface area contributed by atoms with Gasteiger partial charge in [-0.1, -0.05) is 33.6 Å². The van der Waals surface area contributed by atoms with Crippen LogP contribution in [0.25, 0.3) is 0 Å². The highest BCUT2D eigenvalue weighted by Crippen LogP contribution is 2.15. The molecule has 0 radical (unpaired) electrons. The number of rotatable bonds is 2. The van der Waals surface area contributed by atoms with Crippen LogP contribution in [0.3, 0.4) is 0 Å². The summed E-state index contributed by atoms with van der Waals surface area (Å²) in [6.45, 7) is 0. The van der Waals surface area contributed by atoms with Crippen molar-refractivity contribution in [2.24, 2.45) is 0 Å². The van der Waals surface area contributed by atoms with Gasteiger partial charge in [-0.3, -0.25) is 0 Å².